The van der Waals surface area contributed by atoms with Gasteiger partial charge in [0.2, 0.25) is 5.96 Å². The molecule has 0 aliphatic rings. The second kappa shape index (κ2) is 2.49. The minimum absolute atomic E-state index is 0.372. The topological polar surface area (TPSA) is 102 Å². The van der Waals surface area contributed by atoms with Crippen LogP contribution in [0, 0.1) is 0 Å². The van der Waals surface area contributed by atoms with Crippen LogP contribution in [0.15, 0.2) is 4.76 Å². The van der Waals surface area contributed by atoms with E-state index < -0.39 is 8.18 Å². The monoisotopic (exact) mass is 122 g/mol. The largest absolute Gasteiger partial charge is 0.670 e. The zero-order chi connectivity index (χ0) is 5.86. The Hall–Kier alpha value is -0.670. The summed E-state index contributed by atoms with van der Waals surface area (Å²) in [5.74, 6) is -0.372. The molecule has 0 aliphatic carbocycles. The lowest BCUT2D eigenvalue weighted by Crippen LogP contribution is -2.21. The number of nitrogens with two attached hydrogens (primary N) is 2. The molecule has 0 heterocycles. The first-order chi connectivity index (χ1) is 3.13. The Labute approximate surface area is 41.0 Å². The number of nitrogens with zero attached hydrogens (tertiary/aromatic N) is 1. The summed E-state index contributed by atoms with van der Waals surface area (Å²) in [6.45, 7) is 0. The lowest BCUT2D eigenvalue weighted by molar-refractivity contribution is 0.505. The molecule has 0 aromatic rings. The summed E-state index contributed by atoms with van der Waals surface area (Å²) in [7, 11) is -2.55. The van der Waals surface area contributed by atoms with Crippen molar-refractivity contribution in [2.45, 2.75) is 0 Å². The average Bonchev–Trinajstić information content (AvgIpc) is 1.27. The minimum Gasteiger partial charge on any atom is -0.367 e. The van der Waals surface area contributed by atoms with Gasteiger partial charge in [0.25, 0.3) is 0 Å². The van der Waals surface area contributed by atoms with Crippen molar-refractivity contribution >= 4 is 14.1 Å². The van der Waals surface area contributed by atoms with E-state index in [4.69, 9.17) is 4.89 Å². The summed E-state index contributed by atoms with van der Waals surface area (Å²) >= 11 is 0. The van der Waals surface area contributed by atoms with Crippen LogP contribution in [0.4, 0.5) is 0 Å². The number of hydrogen-bond acceptors (Lipinski definition) is 1. The number of guanidine groups is 1. The minimum atomic E-state index is -2.55. The van der Waals surface area contributed by atoms with Gasteiger partial charge in [-0.2, -0.15) is 0 Å². The van der Waals surface area contributed by atoms with Gasteiger partial charge in [-0.1, -0.05) is 0 Å². The van der Waals surface area contributed by atoms with E-state index in [2.05, 4.69) is 16.2 Å². The Balaban J connectivity index is 3.68. The van der Waals surface area contributed by atoms with Crippen LogP contribution in [0.25, 0.3) is 0 Å². The highest BCUT2D eigenvalue weighted by atomic mass is 31.1. The summed E-state index contributed by atoms with van der Waals surface area (Å²) in [5.41, 5.74) is 9.35. The summed E-state index contributed by atoms with van der Waals surface area (Å²) in [6, 6.07) is 0. The summed E-state index contributed by atoms with van der Waals surface area (Å²) in [4.78, 5) is 7.88. The molecule has 6 heteroatoms. The molecule has 0 saturated carbocycles. The van der Waals surface area contributed by atoms with Crippen LogP contribution in [0.1, 0.15) is 0 Å². The average molecular weight is 122 g/mol. The fourth-order valence-corrected chi connectivity index (χ4v) is 0.296. The fraction of sp³-hybridized carbons (Fsp3) is 0. The maximum atomic E-state index is 9.61. The van der Waals surface area contributed by atoms with Crippen LogP contribution >= 0.6 is 8.18 Å². The van der Waals surface area contributed by atoms with Crippen LogP contribution in [-0.2, 0) is 4.57 Å². The molecule has 5 nitrogen and oxygen atoms in total. The molecule has 0 bridgehead atoms. The van der Waals surface area contributed by atoms with Crippen molar-refractivity contribution in [3.63, 3.8) is 0 Å². The van der Waals surface area contributed by atoms with Crippen molar-refractivity contribution < 1.29 is 9.46 Å². The zero-order valence-corrected chi connectivity index (χ0v) is 4.30. The smallest absolute Gasteiger partial charge is 0.367 e. The molecule has 0 radical (unpaired) electrons. The van der Waals surface area contributed by atoms with Gasteiger partial charge in [0.1, 0.15) is 0 Å². The summed E-state index contributed by atoms with van der Waals surface area (Å²) < 4.78 is 12.4. The molecular formula is CH5N3O2P+. The number of hydrogen-bond donors (Lipinski definition) is 3. The Morgan fingerprint density at radius 3 is 2.14 bits per heavy atom. The highest BCUT2D eigenvalue weighted by molar-refractivity contribution is 7.36. The van der Waals surface area contributed by atoms with Gasteiger partial charge in [0.05, 0.1) is 0 Å². The van der Waals surface area contributed by atoms with Crippen LogP contribution in [0.2, 0.25) is 0 Å². The van der Waals surface area contributed by atoms with E-state index in [1.165, 1.54) is 0 Å². The molecule has 0 saturated heterocycles. The summed E-state index contributed by atoms with van der Waals surface area (Å²) in [6.07, 6.45) is 0. The van der Waals surface area contributed by atoms with E-state index in [0.717, 1.165) is 0 Å². The van der Waals surface area contributed by atoms with Crippen LogP contribution < -0.4 is 11.5 Å². The second-order valence-corrected chi connectivity index (χ2v) is 1.48. The molecule has 5 N–H and O–H groups in total. The lowest BCUT2D eigenvalue weighted by Gasteiger charge is -1.71. The first-order valence-electron chi connectivity index (χ1n) is 1.38. The Morgan fingerprint density at radius 2 is 2.14 bits per heavy atom. The molecule has 0 aromatic heterocycles. The van der Waals surface area contributed by atoms with E-state index in [1.54, 1.807) is 0 Å². The highest BCUT2D eigenvalue weighted by Crippen LogP contribution is 2.11. The van der Waals surface area contributed by atoms with E-state index in [-0.39, 0.29) is 5.96 Å². The summed E-state index contributed by atoms with van der Waals surface area (Å²) in [5, 5.41) is 0. The van der Waals surface area contributed by atoms with Gasteiger partial charge < -0.3 is 11.5 Å². The normalized spacial score (nSPS) is 10.1. The first-order valence-corrected chi connectivity index (χ1v) is 2.55. The molecule has 0 fully saturated rings. The van der Waals surface area contributed by atoms with E-state index in [0.29, 0.717) is 0 Å². The predicted molar refractivity (Wildman–Crippen MR) is 25.6 cm³/mol. The van der Waals surface area contributed by atoms with Gasteiger partial charge in [-0.25, -0.2) is 0 Å². The lowest BCUT2D eigenvalue weighted by atomic mass is 11.1. The Bertz CT molecular complexity index is 106. The molecule has 40 valence electrons. The molecule has 0 aromatic carbocycles. The van der Waals surface area contributed by atoms with Crippen molar-refractivity contribution in [1.82, 2.24) is 0 Å². The molecule has 0 amide bonds. The molecule has 0 rings (SSSR count). The van der Waals surface area contributed by atoms with E-state index in [1.807, 2.05) is 0 Å². The van der Waals surface area contributed by atoms with Crippen molar-refractivity contribution in [1.29, 1.82) is 0 Å². The Kier molecular flexibility index (Phi) is 2.26. The van der Waals surface area contributed by atoms with Gasteiger partial charge in [-0.15, -0.1) is 4.89 Å². The SMILES string of the molecule is NC(N)=N[P+](=O)O. The van der Waals surface area contributed by atoms with Crippen molar-refractivity contribution in [2.24, 2.45) is 16.2 Å². The van der Waals surface area contributed by atoms with Gasteiger partial charge in [0, 0.05) is 9.33 Å². The van der Waals surface area contributed by atoms with Crippen LogP contribution in [-0.4, -0.2) is 10.9 Å². The van der Waals surface area contributed by atoms with Gasteiger partial charge in [-0.05, 0) is 0 Å². The second-order valence-electron chi connectivity index (χ2n) is 0.778. The zero-order valence-electron chi connectivity index (χ0n) is 3.40. The van der Waals surface area contributed by atoms with Crippen LogP contribution in [0.5, 0.6) is 0 Å². The molecular weight excluding hydrogens is 117 g/mol. The standard InChI is InChI=1S/CH4N3O2P/c2-1(3)4-7(5)6/h(H4-,2,3,4,5,6)/p+1. The highest BCUT2D eigenvalue weighted by Gasteiger charge is 2.05. The van der Waals surface area contributed by atoms with Crippen molar-refractivity contribution in [3.8, 4) is 0 Å². The number of rotatable bonds is 1. The molecule has 1 atom stereocenters. The fourth-order valence-electron chi connectivity index (χ4n) is 0.0988. The third-order valence-corrected chi connectivity index (χ3v) is 0.603. The quantitative estimate of drug-likeness (QED) is 0.233. The van der Waals surface area contributed by atoms with Gasteiger partial charge in [0.15, 0.2) is 0 Å². The predicted octanol–water partition coefficient (Wildman–Crippen LogP) is -1.09. The van der Waals surface area contributed by atoms with Crippen LogP contribution in [0.3, 0.4) is 0 Å². The van der Waals surface area contributed by atoms with E-state index >= 15 is 0 Å². The third-order valence-electron chi connectivity index (χ3n) is 0.201. The first kappa shape index (κ1) is 6.33. The van der Waals surface area contributed by atoms with Gasteiger partial charge in [-0.3, -0.25) is 0 Å². The van der Waals surface area contributed by atoms with E-state index in [9.17, 15) is 4.57 Å². The molecule has 1 unspecified atom stereocenters. The third kappa shape index (κ3) is 5.33. The maximum Gasteiger partial charge on any atom is 0.670 e. The molecule has 7 heavy (non-hydrogen) atoms. The van der Waals surface area contributed by atoms with Gasteiger partial charge >= 0.3 is 8.18 Å². The Morgan fingerprint density at radius 1 is 1.71 bits per heavy atom. The van der Waals surface area contributed by atoms with Crippen molar-refractivity contribution in [2.75, 3.05) is 0 Å². The van der Waals surface area contributed by atoms with Crippen molar-refractivity contribution in [3.05, 3.63) is 0 Å². The maximum absolute atomic E-state index is 9.61. The molecule has 0 spiro atoms. The molecule has 0 aliphatic heterocycles.